The van der Waals surface area contributed by atoms with Gasteiger partial charge >= 0.3 is 0 Å². The largest absolute Gasteiger partial charge is 0.312 e. The third-order valence-corrected chi connectivity index (χ3v) is 11.5. The molecule has 0 N–H and O–H groups in total. The van der Waals surface area contributed by atoms with Gasteiger partial charge in [0.05, 0.1) is 39.3 Å². The van der Waals surface area contributed by atoms with E-state index in [-0.39, 0.29) is 0 Å². The summed E-state index contributed by atoms with van der Waals surface area (Å²) in [6, 6.07) is 0. The predicted molar refractivity (Wildman–Crippen MR) is 182 cm³/mol. The molecule has 4 heteroatoms. The number of unbranched alkanes of at least 4 members (excludes halogenated alkanes) is 11. The number of rotatable bonds is 29. The van der Waals surface area contributed by atoms with E-state index in [1.165, 1.54) is 177 Å². The van der Waals surface area contributed by atoms with Crippen LogP contribution in [0.1, 0.15) is 170 Å². The molecular formula is C34H72Br2N2+2. The average molecular weight is 669 g/mol. The van der Waals surface area contributed by atoms with Gasteiger partial charge in [-0.3, -0.25) is 0 Å². The van der Waals surface area contributed by atoms with Crippen LogP contribution in [0.5, 0.6) is 0 Å². The zero-order valence-corrected chi connectivity index (χ0v) is 30.4. The summed E-state index contributed by atoms with van der Waals surface area (Å²) in [4.78, 5) is 1.32. The molecule has 0 bridgehead atoms. The molecule has 2 atom stereocenters. The number of hydrogen-bond donors (Lipinski definition) is 0. The fourth-order valence-electron chi connectivity index (χ4n) is 7.12. The van der Waals surface area contributed by atoms with E-state index in [0.29, 0.717) is 9.90 Å². The smallest absolute Gasteiger partial charge is 0.144 e. The van der Waals surface area contributed by atoms with Crippen molar-refractivity contribution < 1.29 is 8.97 Å². The van der Waals surface area contributed by atoms with Gasteiger partial charge in [0.1, 0.15) is 9.90 Å². The first kappa shape index (κ1) is 38.9. The normalized spacial score (nSPS) is 14.2. The van der Waals surface area contributed by atoms with Crippen LogP contribution in [0.3, 0.4) is 0 Å². The molecule has 230 valence electrons. The Bertz CT molecular complexity index is 421. The van der Waals surface area contributed by atoms with Crippen LogP contribution in [0.15, 0.2) is 0 Å². The minimum absolute atomic E-state index is 0.661. The van der Waals surface area contributed by atoms with Crippen molar-refractivity contribution in [3.8, 4) is 0 Å². The Balaban J connectivity index is 3.87. The van der Waals surface area contributed by atoms with Crippen molar-refractivity contribution in [3.05, 3.63) is 0 Å². The highest BCUT2D eigenvalue weighted by atomic mass is 79.9. The van der Waals surface area contributed by atoms with Crippen LogP contribution < -0.4 is 0 Å². The molecule has 0 aromatic rings. The first-order valence-electron chi connectivity index (χ1n) is 17.4. The molecule has 0 aromatic heterocycles. The quantitative estimate of drug-likeness (QED) is 0.0322. The highest BCUT2D eigenvalue weighted by molar-refractivity contribution is 9.09. The van der Waals surface area contributed by atoms with E-state index in [1.807, 2.05) is 0 Å². The molecule has 0 radical (unpaired) electrons. The highest BCUT2D eigenvalue weighted by Gasteiger charge is 2.33. The lowest BCUT2D eigenvalue weighted by molar-refractivity contribution is -0.936. The lowest BCUT2D eigenvalue weighted by Crippen LogP contribution is -2.54. The summed E-state index contributed by atoms with van der Waals surface area (Å²) >= 11 is 8.28. The average Bonchev–Trinajstić information content (AvgIpc) is 2.89. The van der Waals surface area contributed by atoms with Gasteiger partial charge in [-0.15, -0.1) is 0 Å². The predicted octanol–water partition coefficient (Wildman–Crippen LogP) is 12.0. The molecular weight excluding hydrogens is 596 g/mol. The third-order valence-electron chi connectivity index (χ3n) is 8.84. The van der Waals surface area contributed by atoms with Crippen molar-refractivity contribution in [3.63, 3.8) is 0 Å². The lowest BCUT2D eigenvalue weighted by Gasteiger charge is -2.42. The van der Waals surface area contributed by atoms with Gasteiger partial charge in [0.25, 0.3) is 0 Å². The van der Waals surface area contributed by atoms with E-state index < -0.39 is 0 Å². The van der Waals surface area contributed by atoms with E-state index >= 15 is 0 Å². The number of quaternary nitrogens is 2. The number of hydrogen-bond acceptors (Lipinski definition) is 0. The molecule has 0 saturated heterocycles. The Morgan fingerprint density at radius 2 is 0.526 bits per heavy atom. The van der Waals surface area contributed by atoms with Gasteiger partial charge in [0.15, 0.2) is 0 Å². The molecule has 0 aromatic carbocycles. The lowest BCUT2D eigenvalue weighted by atomic mass is 10.0. The van der Waals surface area contributed by atoms with Crippen molar-refractivity contribution in [1.82, 2.24) is 0 Å². The van der Waals surface area contributed by atoms with Crippen molar-refractivity contribution in [2.24, 2.45) is 0 Å². The summed E-state index contributed by atoms with van der Waals surface area (Å²) in [6.07, 6.45) is 27.8. The number of alkyl halides is 2. The Morgan fingerprint density at radius 3 is 0.711 bits per heavy atom. The van der Waals surface area contributed by atoms with Gasteiger partial charge in [-0.05, 0) is 83.2 Å². The highest BCUT2D eigenvalue weighted by Crippen LogP contribution is 2.28. The van der Waals surface area contributed by atoms with Crippen LogP contribution in [0, 0.1) is 0 Å². The van der Waals surface area contributed by atoms with Gasteiger partial charge in [0, 0.05) is 12.8 Å². The molecule has 2 nitrogen and oxygen atoms in total. The summed E-state index contributed by atoms with van der Waals surface area (Å²) < 4.78 is 2.60. The van der Waals surface area contributed by atoms with Crippen molar-refractivity contribution in [2.45, 2.75) is 180 Å². The second kappa shape index (κ2) is 25.6. The first-order chi connectivity index (χ1) is 18.4. The molecule has 0 fully saturated rings. The zero-order chi connectivity index (χ0) is 28.5. The number of halogens is 2. The van der Waals surface area contributed by atoms with Crippen molar-refractivity contribution >= 4 is 31.9 Å². The minimum atomic E-state index is 0.661. The third kappa shape index (κ3) is 16.4. The van der Waals surface area contributed by atoms with E-state index in [9.17, 15) is 0 Å². The second-order valence-corrected chi connectivity index (χ2v) is 14.6. The van der Waals surface area contributed by atoms with Gasteiger partial charge in [-0.1, -0.05) is 106 Å². The maximum Gasteiger partial charge on any atom is 0.144 e. The summed E-state index contributed by atoms with van der Waals surface area (Å²) in [5, 5.41) is 0. The summed E-state index contributed by atoms with van der Waals surface area (Å²) in [5.74, 6) is 0. The molecule has 0 aliphatic heterocycles. The minimum Gasteiger partial charge on any atom is -0.312 e. The SMILES string of the molecule is CCC[N+](CCC)(CCC)C(Br)CCCCCCCCCCCCCCC(Br)[N+](CCC)(CCC)CCC. The molecule has 0 saturated carbocycles. The van der Waals surface area contributed by atoms with Crippen LogP contribution in [-0.4, -0.2) is 58.1 Å². The molecule has 0 spiro atoms. The number of nitrogens with zero attached hydrogens (tertiary/aromatic N) is 2. The van der Waals surface area contributed by atoms with Crippen LogP contribution in [0.4, 0.5) is 0 Å². The molecule has 0 rings (SSSR count). The maximum atomic E-state index is 4.14. The standard InChI is InChI=1S/C34H72Br2N2/c1-7-27-37(28-8-2,29-9-3)33(35)25-23-21-19-17-15-13-14-16-18-20-22-24-26-34(36)38(30-10-4,31-11-5)32-12-6/h33-34H,7-32H2,1-6H3/q+2. The summed E-state index contributed by atoms with van der Waals surface area (Å²) in [6.45, 7) is 22.2. The van der Waals surface area contributed by atoms with Crippen LogP contribution in [0.2, 0.25) is 0 Å². The Morgan fingerprint density at radius 1 is 0.342 bits per heavy atom. The Kier molecular flexibility index (Phi) is 26.2. The topological polar surface area (TPSA) is 0 Å². The monoisotopic (exact) mass is 666 g/mol. The van der Waals surface area contributed by atoms with Crippen LogP contribution in [0.25, 0.3) is 0 Å². The molecule has 0 aliphatic carbocycles. The molecule has 38 heavy (non-hydrogen) atoms. The Hall–Kier alpha value is 0.880. The van der Waals surface area contributed by atoms with Gasteiger partial charge < -0.3 is 8.97 Å². The first-order valence-corrected chi connectivity index (χ1v) is 19.2. The molecule has 0 heterocycles. The van der Waals surface area contributed by atoms with E-state index in [4.69, 9.17) is 0 Å². The fourth-order valence-corrected chi connectivity index (χ4v) is 9.00. The van der Waals surface area contributed by atoms with Crippen molar-refractivity contribution in [1.29, 1.82) is 0 Å². The second-order valence-electron chi connectivity index (χ2n) is 12.5. The van der Waals surface area contributed by atoms with E-state index in [1.54, 1.807) is 0 Å². The van der Waals surface area contributed by atoms with E-state index in [0.717, 1.165) is 0 Å². The van der Waals surface area contributed by atoms with Crippen LogP contribution in [-0.2, 0) is 0 Å². The van der Waals surface area contributed by atoms with Crippen molar-refractivity contribution in [2.75, 3.05) is 39.3 Å². The van der Waals surface area contributed by atoms with Crippen LogP contribution >= 0.6 is 31.9 Å². The summed E-state index contributed by atoms with van der Waals surface area (Å²) in [7, 11) is 0. The summed E-state index contributed by atoms with van der Waals surface area (Å²) in [5.41, 5.74) is 0. The molecule has 0 aliphatic rings. The maximum absolute atomic E-state index is 4.14. The molecule has 2 unspecified atom stereocenters. The van der Waals surface area contributed by atoms with Gasteiger partial charge in [-0.2, -0.15) is 0 Å². The van der Waals surface area contributed by atoms with Gasteiger partial charge in [0.2, 0.25) is 0 Å². The Labute approximate surface area is 258 Å². The zero-order valence-electron chi connectivity index (χ0n) is 27.2. The van der Waals surface area contributed by atoms with Gasteiger partial charge in [-0.25, -0.2) is 0 Å². The molecule has 0 amide bonds. The van der Waals surface area contributed by atoms with E-state index in [2.05, 4.69) is 73.4 Å². The fraction of sp³-hybridized carbons (Fsp3) is 1.00.